The molecule has 0 amide bonds. The lowest BCUT2D eigenvalue weighted by Crippen LogP contribution is -2.36. The average molecular weight is 293 g/mol. The number of nitrogens with one attached hydrogen (secondary N) is 1. The number of rotatable bonds is 3. The van der Waals surface area contributed by atoms with Gasteiger partial charge in [0.15, 0.2) is 0 Å². The van der Waals surface area contributed by atoms with Gasteiger partial charge in [0.05, 0.1) is 24.4 Å². The number of fused-ring (bicyclic) bond motifs is 1. The Labute approximate surface area is 119 Å². The van der Waals surface area contributed by atoms with Crippen LogP contribution in [0.1, 0.15) is 0 Å². The maximum Gasteiger partial charge on any atom is 0.259 e. The van der Waals surface area contributed by atoms with Gasteiger partial charge in [0, 0.05) is 30.4 Å². The van der Waals surface area contributed by atoms with Crippen LogP contribution in [0.4, 0.5) is 11.4 Å². The fourth-order valence-corrected chi connectivity index (χ4v) is 2.77. The largest absolute Gasteiger partial charge is 0.378 e. The number of hydrogen-bond donors (Lipinski definition) is 2. The maximum atomic E-state index is 10.9. The number of pyridine rings is 1. The van der Waals surface area contributed by atoms with E-state index >= 15 is 0 Å². The van der Waals surface area contributed by atoms with Crippen LogP contribution in [0.3, 0.4) is 0 Å². The molecule has 106 valence electrons. The maximum absolute atomic E-state index is 10.9. The molecule has 2 heterocycles. The van der Waals surface area contributed by atoms with E-state index in [1.165, 1.54) is 0 Å². The van der Waals surface area contributed by atoms with Crippen molar-refractivity contribution in [2.24, 2.45) is 0 Å². The highest BCUT2D eigenvalue weighted by atomic mass is 32.2. The van der Waals surface area contributed by atoms with E-state index in [2.05, 4.69) is 14.6 Å². The molecule has 0 aliphatic carbocycles. The molecule has 7 heteroatoms. The molecule has 0 radical (unpaired) electrons. The van der Waals surface area contributed by atoms with Crippen LogP contribution >= 0.6 is 0 Å². The van der Waals surface area contributed by atoms with Crippen LogP contribution in [-0.2, 0) is 16.0 Å². The van der Waals surface area contributed by atoms with E-state index in [9.17, 15) is 4.21 Å². The number of nitrogens with zero attached hydrogens (tertiary/aromatic N) is 2. The minimum absolute atomic E-state index is 0.554. The van der Waals surface area contributed by atoms with Crippen molar-refractivity contribution >= 4 is 33.5 Å². The number of anilines is 2. The normalized spacial score (nSPS) is 17.1. The molecule has 1 fully saturated rings. The van der Waals surface area contributed by atoms with E-state index in [-0.39, 0.29) is 0 Å². The summed E-state index contributed by atoms with van der Waals surface area (Å²) in [6.45, 7) is 3.09. The molecule has 1 aromatic carbocycles. The average Bonchev–Trinajstić information content (AvgIpc) is 2.48. The van der Waals surface area contributed by atoms with E-state index in [0.29, 0.717) is 24.4 Å². The van der Waals surface area contributed by atoms with Crippen LogP contribution in [0.5, 0.6) is 0 Å². The third-order valence-electron chi connectivity index (χ3n) is 3.30. The summed E-state index contributed by atoms with van der Waals surface area (Å²) in [4.78, 5) is 6.57. The van der Waals surface area contributed by atoms with Gasteiger partial charge in [-0.3, -0.25) is 14.3 Å². The first-order valence-electron chi connectivity index (χ1n) is 6.33. The lowest BCUT2D eigenvalue weighted by molar-refractivity contribution is 0.123. The van der Waals surface area contributed by atoms with Gasteiger partial charge in [-0.05, 0) is 24.3 Å². The molecule has 0 bridgehead atoms. The molecule has 2 N–H and O–H groups in total. The first-order valence-corrected chi connectivity index (χ1v) is 7.44. The second kappa shape index (κ2) is 5.74. The zero-order valence-electron chi connectivity index (χ0n) is 10.8. The Balaban J connectivity index is 2.08. The van der Waals surface area contributed by atoms with Crippen LogP contribution in [-0.4, -0.2) is 40.0 Å². The first kappa shape index (κ1) is 13.3. The van der Waals surface area contributed by atoms with E-state index in [1.807, 2.05) is 18.2 Å². The highest BCUT2D eigenvalue weighted by Gasteiger charge is 2.16. The van der Waals surface area contributed by atoms with Gasteiger partial charge in [-0.1, -0.05) is 0 Å². The summed E-state index contributed by atoms with van der Waals surface area (Å²) < 4.78 is 27.8. The lowest BCUT2D eigenvalue weighted by Gasteiger charge is -2.30. The number of benzene rings is 1. The van der Waals surface area contributed by atoms with Gasteiger partial charge in [0.1, 0.15) is 0 Å². The molecule has 1 unspecified atom stereocenters. The Morgan fingerprint density at radius 1 is 1.30 bits per heavy atom. The van der Waals surface area contributed by atoms with Crippen molar-refractivity contribution in [1.29, 1.82) is 0 Å². The molecular weight excluding hydrogens is 278 g/mol. The molecule has 20 heavy (non-hydrogen) atoms. The molecule has 0 spiro atoms. The highest BCUT2D eigenvalue weighted by Crippen LogP contribution is 2.31. The molecule has 2 aromatic rings. The van der Waals surface area contributed by atoms with E-state index in [4.69, 9.17) is 9.29 Å². The molecule has 6 nitrogen and oxygen atoms in total. The molecule has 1 atom stereocenters. The summed E-state index contributed by atoms with van der Waals surface area (Å²) in [6.07, 6.45) is 1.68. The third-order valence-corrected chi connectivity index (χ3v) is 3.69. The zero-order chi connectivity index (χ0) is 13.9. The Hall–Kier alpha value is -1.70. The fraction of sp³-hybridized carbons (Fsp3) is 0.308. The molecule has 1 aliphatic rings. The minimum Gasteiger partial charge on any atom is -0.378 e. The summed E-state index contributed by atoms with van der Waals surface area (Å²) in [5.74, 6) is 0. The lowest BCUT2D eigenvalue weighted by atomic mass is 10.1. The van der Waals surface area contributed by atoms with Gasteiger partial charge in [0.25, 0.3) is 11.3 Å². The fourth-order valence-electron chi connectivity index (χ4n) is 2.41. The van der Waals surface area contributed by atoms with Gasteiger partial charge in [-0.15, -0.1) is 0 Å². The van der Waals surface area contributed by atoms with Crippen molar-refractivity contribution in [3.8, 4) is 0 Å². The van der Waals surface area contributed by atoms with Crippen LogP contribution in [0.2, 0.25) is 0 Å². The summed E-state index contributed by atoms with van der Waals surface area (Å²) in [6, 6.07) is 7.57. The molecule has 1 saturated heterocycles. The highest BCUT2D eigenvalue weighted by molar-refractivity contribution is 7.80. The predicted octanol–water partition coefficient (Wildman–Crippen LogP) is 1.62. The van der Waals surface area contributed by atoms with E-state index in [0.717, 1.165) is 24.2 Å². The van der Waals surface area contributed by atoms with Crippen molar-refractivity contribution < 1.29 is 13.5 Å². The summed E-state index contributed by atoms with van der Waals surface area (Å²) in [7, 11) is 0. The van der Waals surface area contributed by atoms with Crippen molar-refractivity contribution in [2.75, 3.05) is 35.9 Å². The smallest absolute Gasteiger partial charge is 0.259 e. The van der Waals surface area contributed by atoms with Crippen LogP contribution in [0.15, 0.2) is 30.5 Å². The Morgan fingerprint density at radius 2 is 2.10 bits per heavy atom. The number of hydrogen-bond acceptors (Lipinski definition) is 4. The Kier molecular flexibility index (Phi) is 3.81. The molecule has 3 rings (SSSR count). The summed E-state index contributed by atoms with van der Waals surface area (Å²) >= 11 is -2.11. The van der Waals surface area contributed by atoms with Crippen molar-refractivity contribution in [1.82, 2.24) is 4.98 Å². The first-order chi connectivity index (χ1) is 9.75. The molecule has 1 aliphatic heterocycles. The van der Waals surface area contributed by atoms with Gasteiger partial charge >= 0.3 is 0 Å². The Morgan fingerprint density at radius 3 is 2.85 bits per heavy atom. The number of aromatic nitrogens is 1. The molecular formula is C13H15N3O3S. The molecule has 0 saturated carbocycles. The van der Waals surface area contributed by atoms with Gasteiger partial charge < -0.3 is 9.64 Å². The second-order valence-electron chi connectivity index (χ2n) is 4.48. The minimum atomic E-state index is -2.11. The zero-order valence-corrected chi connectivity index (χ0v) is 11.6. The van der Waals surface area contributed by atoms with Gasteiger partial charge in [-0.25, -0.2) is 4.21 Å². The second-order valence-corrected chi connectivity index (χ2v) is 5.18. The van der Waals surface area contributed by atoms with Gasteiger partial charge in [-0.2, -0.15) is 0 Å². The number of ether oxygens (including phenoxy) is 1. The topological polar surface area (TPSA) is 74.7 Å². The van der Waals surface area contributed by atoms with Crippen molar-refractivity contribution in [3.05, 3.63) is 30.5 Å². The number of morpholine rings is 1. The van der Waals surface area contributed by atoms with Crippen LogP contribution in [0, 0.1) is 0 Å². The predicted molar refractivity (Wildman–Crippen MR) is 79.2 cm³/mol. The summed E-state index contributed by atoms with van der Waals surface area (Å²) in [5.41, 5.74) is 2.32. The van der Waals surface area contributed by atoms with Gasteiger partial charge in [0.2, 0.25) is 0 Å². The van der Waals surface area contributed by atoms with E-state index < -0.39 is 11.3 Å². The van der Waals surface area contributed by atoms with Crippen LogP contribution in [0.25, 0.3) is 10.9 Å². The SMILES string of the molecule is O=S(O)Nc1ccc(N2CCOCC2)c2cccnc12. The van der Waals surface area contributed by atoms with Crippen molar-refractivity contribution in [2.45, 2.75) is 0 Å². The third kappa shape index (κ3) is 2.60. The standard InChI is InChI=1S/C13H15N3O3S/c17-20(18)15-11-3-4-12(16-6-8-19-9-7-16)10-2-1-5-14-13(10)11/h1-5,15H,6-9H2,(H,17,18). The quantitative estimate of drug-likeness (QED) is 0.841. The Bertz CT molecular complexity index is 644. The summed E-state index contributed by atoms with van der Waals surface area (Å²) in [5, 5.41) is 0.963. The molecule has 1 aromatic heterocycles. The van der Waals surface area contributed by atoms with Crippen molar-refractivity contribution in [3.63, 3.8) is 0 Å². The monoisotopic (exact) mass is 293 g/mol. The van der Waals surface area contributed by atoms with Crippen LogP contribution < -0.4 is 9.62 Å². The van der Waals surface area contributed by atoms with E-state index in [1.54, 1.807) is 12.3 Å².